The van der Waals surface area contributed by atoms with E-state index in [1.54, 1.807) is 12.1 Å². The highest BCUT2D eigenvalue weighted by Crippen LogP contribution is 2.35. The Bertz CT molecular complexity index is 730. The minimum Gasteiger partial charge on any atom is -0.381 e. The maximum Gasteiger partial charge on any atom is 0.191 e. The molecule has 0 bridgehead atoms. The Hall–Kier alpha value is -1.61. The van der Waals surface area contributed by atoms with E-state index >= 15 is 0 Å². The largest absolute Gasteiger partial charge is 0.381 e. The quantitative estimate of drug-likeness (QED) is 0.348. The van der Waals surface area contributed by atoms with Crippen LogP contribution >= 0.6 is 24.0 Å². The van der Waals surface area contributed by atoms with Crippen molar-refractivity contribution >= 4 is 29.9 Å². The number of aliphatic imine (C=N–C) groups is 1. The van der Waals surface area contributed by atoms with Gasteiger partial charge in [0.25, 0.3) is 0 Å². The lowest BCUT2D eigenvalue weighted by Gasteiger charge is -2.36. The predicted molar refractivity (Wildman–Crippen MR) is 122 cm³/mol. The van der Waals surface area contributed by atoms with Crippen molar-refractivity contribution < 1.29 is 9.13 Å². The number of guanidine groups is 1. The Morgan fingerprint density at radius 2 is 1.93 bits per heavy atom. The zero-order chi connectivity index (χ0) is 19.0. The number of hydrogen-bond donors (Lipinski definition) is 2. The number of benzene rings is 1. The van der Waals surface area contributed by atoms with E-state index in [2.05, 4.69) is 22.1 Å². The summed E-state index contributed by atoms with van der Waals surface area (Å²) in [6.45, 7) is 6.49. The SMILES string of the molecule is CCNC(=NCC1(c2cccc(F)c2)CCOCC1)NCCn1cccc1.I. The van der Waals surface area contributed by atoms with Gasteiger partial charge in [-0.05, 0) is 49.6 Å². The molecule has 28 heavy (non-hydrogen) atoms. The highest BCUT2D eigenvalue weighted by atomic mass is 127. The number of nitrogens with zero attached hydrogens (tertiary/aromatic N) is 2. The molecule has 0 radical (unpaired) electrons. The van der Waals surface area contributed by atoms with Gasteiger partial charge in [0.1, 0.15) is 5.82 Å². The molecule has 5 nitrogen and oxygen atoms in total. The summed E-state index contributed by atoms with van der Waals surface area (Å²) in [5, 5.41) is 6.70. The summed E-state index contributed by atoms with van der Waals surface area (Å²) < 4.78 is 21.5. The van der Waals surface area contributed by atoms with Gasteiger partial charge in [-0.15, -0.1) is 24.0 Å². The summed E-state index contributed by atoms with van der Waals surface area (Å²) in [5.74, 6) is 0.603. The van der Waals surface area contributed by atoms with Crippen LogP contribution in [0.2, 0.25) is 0 Å². The van der Waals surface area contributed by atoms with E-state index in [9.17, 15) is 4.39 Å². The van der Waals surface area contributed by atoms with E-state index in [1.807, 2.05) is 30.6 Å². The fraction of sp³-hybridized carbons (Fsp3) is 0.476. The average molecular weight is 500 g/mol. The molecule has 0 spiro atoms. The smallest absolute Gasteiger partial charge is 0.191 e. The van der Waals surface area contributed by atoms with Crippen LogP contribution in [0.25, 0.3) is 0 Å². The summed E-state index contributed by atoms with van der Waals surface area (Å²) in [5.41, 5.74) is 0.834. The van der Waals surface area contributed by atoms with Crippen LogP contribution in [0.5, 0.6) is 0 Å². The fourth-order valence-electron chi connectivity index (χ4n) is 3.51. The van der Waals surface area contributed by atoms with Gasteiger partial charge < -0.3 is 19.9 Å². The normalized spacial score (nSPS) is 16.3. The first kappa shape index (κ1) is 22.7. The minimum atomic E-state index is -0.195. The molecule has 2 N–H and O–H groups in total. The molecule has 0 atom stereocenters. The Balaban J connectivity index is 0.00000280. The minimum absolute atomic E-state index is 0. The molecule has 0 saturated carbocycles. The Morgan fingerprint density at radius 1 is 1.18 bits per heavy atom. The average Bonchev–Trinajstić information content (AvgIpc) is 3.20. The van der Waals surface area contributed by atoms with Gasteiger partial charge in [-0.3, -0.25) is 4.99 Å². The van der Waals surface area contributed by atoms with Crippen LogP contribution < -0.4 is 10.6 Å². The third kappa shape index (κ3) is 6.20. The first-order valence-electron chi connectivity index (χ1n) is 9.69. The molecule has 2 aromatic rings. The summed E-state index contributed by atoms with van der Waals surface area (Å²) in [6.07, 6.45) is 5.80. The van der Waals surface area contributed by atoms with Gasteiger partial charge >= 0.3 is 0 Å². The summed E-state index contributed by atoms with van der Waals surface area (Å²) in [6, 6.07) is 11.0. The van der Waals surface area contributed by atoms with Gasteiger partial charge in [0, 0.05) is 50.7 Å². The zero-order valence-electron chi connectivity index (χ0n) is 16.4. The van der Waals surface area contributed by atoms with Crippen molar-refractivity contribution in [3.05, 3.63) is 60.2 Å². The first-order valence-corrected chi connectivity index (χ1v) is 9.69. The highest BCUT2D eigenvalue weighted by molar-refractivity contribution is 14.0. The topological polar surface area (TPSA) is 50.6 Å². The van der Waals surface area contributed by atoms with Crippen molar-refractivity contribution in [1.82, 2.24) is 15.2 Å². The lowest BCUT2D eigenvalue weighted by molar-refractivity contribution is 0.0530. The van der Waals surface area contributed by atoms with Crippen LogP contribution in [0.15, 0.2) is 53.8 Å². The number of ether oxygens (including phenoxy) is 1. The molecule has 0 unspecified atom stereocenters. The van der Waals surface area contributed by atoms with E-state index in [0.717, 1.165) is 44.0 Å². The van der Waals surface area contributed by atoms with Crippen molar-refractivity contribution in [3.63, 3.8) is 0 Å². The third-order valence-electron chi connectivity index (χ3n) is 5.10. The van der Waals surface area contributed by atoms with Crippen molar-refractivity contribution in [1.29, 1.82) is 0 Å². The van der Waals surface area contributed by atoms with Gasteiger partial charge in [-0.25, -0.2) is 4.39 Å². The molecule has 1 aromatic heterocycles. The molecule has 0 amide bonds. The molecule has 3 rings (SSSR count). The molecule has 2 heterocycles. The second kappa shape index (κ2) is 11.4. The number of aromatic nitrogens is 1. The van der Waals surface area contributed by atoms with Crippen LogP contribution in [0.1, 0.15) is 25.3 Å². The Kier molecular flexibility index (Phi) is 9.24. The van der Waals surface area contributed by atoms with Crippen LogP contribution in [0.4, 0.5) is 4.39 Å². The predicted octanol–water partition coefficient (Wildman–Crippen LogP) is 3.55. The van der Waals surface area contributed by atoms with Crippen molar-refractivity contribution in [2.24, 2.45) is 4.99 Å². The lowest BCUT2D eigenvalue weighted by atomic mass is 9.74. The van der Waals surface area contributed by atoms with Crippen molar-refractivity contribution in [2.75, 3.05) is 32.8 Å². The van der Waals surface area contributed by atoms with E-state index in [0.29, 0.717) is 19.8 Å². The molecule has 1 aliphatic rings. The molecule has 154 valence electrons. The first-order chi connectivity index (χ1) is 13.2. The van der Waals surface area contributed by atoms with E-state index in [-0.39, 0.29) is 35.2 Å². The molecular weight excluding hydrogens is 470 g/mol. The van der Waals surface area contributed by atoms with Gasteiger partial charge in [0.05, 0.1) is 6.54 Å². The van der Waals surface area contributed by atoms with E-state index in [4.69, 9.17) is 9.73 Å². The maximum atomic E-state index is 13.8. The molecule has 7 heteroatoms. The number of rotatable bonds is 7. The van der Waals surface area contributed by atoms with Gasteiger partial charge in [-0.2, -0.15) is 0 Å². The Labute approximate surface area is 183 Å². The van der Waals surface area contributed by atoms with Gasteiger partial charge in [0.2, 0.25) is 0 Å². The molecule has 1 saturated heterocycles. The van der Waals surface area contributed by atoms with Gasteiger partial charge in [-0.1, -0.05) is 12.1 Å². The molecule has 0 aliphatic carbocycles. The van der Waals surface area contributed by atoms with Crippen LogP contribution in [0.3, 0.4) is 0 Å². The number of halogens is 2. The van der Waals surface area contributed by atoms with Crippen LogP contribution in [-0.2, 0) is 16.7 Å². The zero-order valence-corrected chi connectivity index (χ0v) is 18.7. The number of hydrogen-bond acceptors (Lipinski definition) is 2. The summed E-state index contributed by atoms with van der Waals surface area (Å²) in [4.78, 5) is 4.84. The highest BCUT2D eigenvalue weighted by Gasteiger charge is 2.34. The number of nitrogens with one attached hydrogen (secondary N) is 2. The lowest BCUT2D eigenvalue weighted by Crippen LogP contribution is -2.42. The summed E-state index contributed by atoms with van der Waals surface area (Å²) >= 11 is 0. The second-order valence-electron chi connectivity index (χ2n) is 6.95. The van der Waals surface area contributed by atoms with Crippen LogP contribution in [-0.4, -0.2) is 43.4 Å². The van der Waals surface area contributed by atoms with E-state index in [1.165, 1.54) is 6.07 Å². The maximum absolute atomic E-state index is 13.8. The van der Waals surface area contributed by atoms with Gasteiger partial charge in [0.15, 0.2) is 5.96 Å². The standard InChI is InChI=1S/C21H29FN4O.HI/c1-2-23-20(24-10-13-26-11-3-4-12-26)25-17-21(8-14-27-15-9-21)18-6-5-7-19(22)16-18;/h3-7,11-12,16H,2,8-10,13-15,17H2,1H3,(H2,23,24,25);1H. The van der Waals surface area contributed by atoms with E-state index < -0.39 is 0 Å². The third-order valence-corrected chi connectivity index (χ3v) is 5.10. The van der Waals surface area contributed by atoms with Crippen LogP contribution in [0, 0.1) is 5.82 Å². The fourth-order valence-corrected chi connectivity index (χ4v) is 3.51. The second-order valence-corrected chi connectivity index (χ2v) is 6.95. The molecule has 1 aromatic carbocycles. The monoisotopic (exact) mass is 500 g/mol. The molecule has 1 fully saturated rings. The van der Waals surface area contributed by atoms with Crippen molar-refractivity contribution in [2.45, 2.75) is 31.7 Å². The van der Waals surface area contributed by atoms with Crippen molar-refractivity contribution in [3.8, 4) is 0 Å². The Morgan fingerprint density at radius 3 is 2.61 bits per heavy atom. The summed E-state index contributed by atoms with van der Waals surface area (Å²) in [7, 11) is 0. The molecule has 1 aliphatic heterocycles. The molecular formula is C21H30FIN4O.